The number of carboxylic acid groups (broad SMARTS) is 1. The lowest BCUT2D eigenvalue weighted by atomic mass is 9.95. The van der Waals surface area contributed by atoms with E-state index in [1.54, 1.807) is 30.7 Å². The Hall–Kier alpha value is -3.08. The third-order valence-corrected chi connectivity index (χ3v) is 8.39. The normalized spacial score (nSPS) is 15.9. The van der Waals surface area contributed by atoms with Crippen LogP contribution in [0.1, 0.15) is 51.5 Å². The van der Waals surface area contributed by atoms with E-state index in [2.05, 4.69) is 20.0 Å². The molecule has 1 aliphatic rings. The van der Waals surface area contributed by atoms with Gasteiger partial charge in [-0.3, -0.25) is 9.78 Å². The summed E-state index contributed by atoms with van der Waals surface area (Å²) in [5, 5.41) is 15.0. The maximum Gasteiger partial charge on any atom is 0.322 e. The molecule has 1 atom stereocenters. The van der Waals surface area contributed by atoms with Gasteiger partial charge in [-0.05, 0) is 62.9 Å². The quantitative estimate of drug-likeness (QED) is 0.372. The first-order chi connectivity index (χ1) is 17.2. The van der Waals surface area contributed by atoms with Crippen LogP contribution in [-0.2, 0) is 21.4 Å². The summed E-state index contributed by atoms with van der Waals surface area (Å²) in [5.74, 6) is -0.517. The maximum atomic E-state index is 13.3. The number of nitrogens with one attached hydrogen (secondary N) is 2. The summed E-state index contributed by atoms with van der Waals surface area (Å²) in [6, 6.07) is 9.37. The summed E-state index contributed by atoms with van der Waals surface area (Å²) in [7, 11) is -3.98. The molecule has 4 rings (SSSR count). The number of aliphatic carboxylic acids is 1. The molecule has 1 aromatic carbocycles. The van der Waals surface area contributed by atoms with Gasteiger partial charge in [-0.25, -0.2) is 4.98 Å². The Bertz CT molecular complexity index is 1290. The lowest BCUT2D eigenvalue weighted by Crippen LogP contribution is -2.54. The Morgan fingerprint density at radius 2 is 1.81 bits per heavy atom. The van der Waals surface area contributed by atoms with Gasteiger partial charge in [0.2, 0.25) is 0 Å². The molecular weight excluding hydrogens is 478 g/mol. The Morgan fingerprint density at radius 1 is 1.08 bits per heavy atom. The minimum atomic E-state index is -3.98. The van der Waals surface area contributed by atoms with Crippen molar-refractivity contribution in [2.75, 3.05) is 5.32 Å². The average molecular weight is 512 g/mol. The van der Waals surface area contributed by atoms with E-state index in [0.29, 0.717) is 11.4 Å². The molecule has 0 unspecified atom stereocenters. The summed E-state index contributed by atoms with van der Waals surface area (Å²) in [6.45, 7) is 3.66. The second kappa shape index (κ2) is 11.3. The number of pyridine rings is 2. The average Bonchev–Trinajstić information content (AvgIpc) is 2.85. The van der Waals surface area contributed by atoms with E-state index in [1.807, 2.05) is 38.1 Å². The number of fused-ring (bicyclic) bond motifs is 1. The van der Waals surface area contributed by atoms with Crippen LogP contribution in [0, 0.1) is 0 Å². The molecule has 0 spiro atoms. The Balaban J connectivity index is 1.46. The number of hydrogen-bond acceptors (Lipinski definition) is 6. The minimum absolute atomic E-state index is 0.0314. The van der Waals surface area contributed by atoms with Crippen molar-refractivity contribution in [3.8, 4) is 0 Å². The van der Waals surface area contributed by atoms with Crippen molar-refractivity contribution >= 4 is 38.5 Å². The Labute approximate surface area is 212 Å². The Morgan fingerprint density at radius 3 is 2.47 bits per heavy atom. The van der Waals surface area contributed by atoms with Gasteiger partial charge in [0.25, 0.3) is 10.2 Å². The molecule has 0 amide bonds. The van der Waals surface area contributed by atoms with Crippen LogP contribution in [-0.4, -0.2) is 51.9 Å². The first-order valence-corrected chi connectivity index (χ1v) is 13.8. The fourth-order valence-electron chi connectivity index (χ4n) is 4.86. The van der Waals surface area contributed by atoms with Crippen LogP contribution in [0.3, 0.4) is 0 Å². The van der Waals surface area contributed by atoms with Crippen molar-refractivity contribution in [1.29, 1.82) is 0 Å². The highest BCUT2D eigenvalue weighted by atomic mass is 32.2. The van der Waals surface area contributed by atoms with Crippen molar-refractivity contribution in [3.63, 3.8) is 0 Å². The third kappa shape index (κ3) is 6.18. The van der Waals surface area contributed by atoms with Crippen LogP contribution < -0.4 is 10.0 Å². The van der Waals surface area contributed by atoms with Gasteiger partial charge < -0.3 is 10.4 Å². The van der Waals surface area contributed by atoms with Crippen molar-refractivity contribution in [1.82, 2.24) is 19.0 Å². The highest BCUT2D eigenvalue weighted by Crippen LogP contribution is 2.27. The number of benzene rings is 1. The summed E-state index contributed by atoms with van der Waals surface area (Å²) in [5.41, 5.74) is 1.49. The summed E-state index contributed by atoms with van der Waals surface area (Å²) in [4.78, 5) is 20.6. The SMILES string of the molecule is CC(C)N(C1CCCCC1)S(=O)(=O)N[C@@H](Cc1ccc(Nc2nccc3cnccc23)cc1)C(=O)O. The fourth-order valence-corrected chi connectivity index (χ4v) is 6.69. The second-order valence-electron chi connectivity index (χ2n) is 9.51. The second-order valence-corrected chi connectivity index (χ2v) is 11.1. The first-order valence-electron chi connectivity index (χ1n) is 12.3. The minimum Gasteiger partial charge on any atom is -0.480 e. The van der Waals surface area contributed by atoms with Crippen molar-refractivity contribution in [2.24, 2.45) is 0 Å². The summed E-state index contributed by atoms with van der Waals surface area (Å²) < 4.78 is 30.5. The van der Waals surface area contributed by atoms with Gasteiger partial charge >= 0.3 is 5.97 Å². The zero-order chi connectivity index (χ0) is 25.7. The molecule has 1 aliphatic carbocycles. The Kier molecular flexibility index (Phi) is 8.17. The van der Waals surface area contributed by atoms with Crippen molar-refractivity contribution in [3.05, 3.63) is 60.6 Å². The molecule has 0 bridgehead atoms. The van der Waals surface area contributed by atoms with Crippen LogP contribution in [0.5, 0.6) is 0 Å². The molecular formula is C26H33N5O4S. The fraction of sp³-hybridized carbons (Fsp3) is 0.423. The van der Waals surface area contributed by atoms with Crippen molar-refractivity contribution in [2.45, 2.75) is 70.5 Å². The number of nitrogens with zero attached hydrogens (tertiary/aromatic N) is 3. The van der Waals surface area contributed by atoms with Gasteiger partial charge in [0.05, 0.1) is 0 Å². The monoisotopic (exact) mass is 511 g/mol. The predicted molar refractivity (Wildman–Crippen MR) is 140 cm³/mol. The van der Waals surface area contributed by atoms with Crippen LogP contribution in [0.2, 0.25) is 0 Å². The zero-order valence-corrected chi connectivity index (χ0v) is 21.4. The van der Waals surface area contributed by atoms with Crippen molar-refractivity contribution < 1.29 is 18.3 Å². The molecule has 10 heteroatoms. The first kappa shape index (κ1) is 26.0. The highest BCUT2D eigenvalue weighted by Gasteiger charge is 2.36. The number of anilines is 2. The van der Waals surface area contributed by atoms with Gasteiger partial charge in [-0.2, -0.15) is 17.4 Å². The number of rotatable bonds is 10. The van der Waals surface area contributed by atoms with Gasteiger partial charge in [0.15, 0.2) is 0 Å². The molecule has 0 aliphatic heterocycles. The van der Waals surface area contributed by atoms with Gasteiger partial charge in [0.1, 0.15) is 11.9 Å². The predicted octanol–water partition coefficient (Wildman–Crippen LogP) is 4.25. The van der Waals surface area contributed by atoms with E-state index in [1.165, 1.54) is 4.31 Å². The zero-order valence-electron chi connectivity index (χ0n) is 20.6. The molecule has 192 valence electrons. The molecule has 3 aromatic rings. The van der Waals surface area contributed by atoms with Gasteiger partial charge in [-0.15, -0.1) is 0 Å². The van der Waals surface area contributed by atoms with E-state index < -0.39 is 22.2 Å². The van der Waals surface area contributed by atoms with E-state index in [9.17, 15) is 18.3 Å². The molecule has 1 saturated carbocycles. The largest absolute Gasteiger partial charge is 0.480 e. The maximum absolute atomic E-state index is 13.3. The van der Waals surface area contributed by atoms with Crippen LogP contribution in [0.15, 0.2) is 55.0 Å². The number of aromatic nitrogens is 2. The lowest BCUT2D eigenvalue weighted by Gasteiger charge is -2.36. The van der Waals surface area contributed by atoms with Crippen LogP contribution in [0.4, 0.5) is 11.5 Å². The van der Waals surface area contributed by atoms with Gasteiger partial charge in [-0.1, -0.05) is 31.4 Å². The number of carbonyl (C=O) groups is 1. The summed E-state index contributed by atoms with van der Waals surface area (Å²) >= 11 is 0. The topological polar surface area (TPSA) is 125 Å². The molecule has 9 nitrogen and oxygen atoms in total. The summed E-state index contributed by atoms with van der Waals surface area (Å²) in [6.07, 6.45) is 9.89. The lowest BCUT2D eigenvalue weighted by molar-refractivity contribution is -0.139. The number of carboxylic acids is 1. The number of hydrogen-bond donors (Lipinski definition) is 3. The highest BCUT2D eigenvalue weighted by molar-refractivity contribution is 7.87. The van der Waals surface area contributed by atoms with Crippen LogP contribution >= 0.6 is 0 Å². The molecule has 2 aromatic heterocycles. The molecule has 3 N–H and O–H groups in total. The third-order valence-electron chi connectivity index (χ3n) is 6.53. The molecule has 1 fully saturated rings. The van der Waals surface area contributed by atoms with E-state index >= 15 is 0 Å². The van der Waals surface area contributed by atoms with E-state index in [4.69, 9.17) is 0 Å². The molecule has 2 heterocycles. The smallest absolute Gasteiger partial charge is 0.322 e. The van der Waals surface area contributed by atoms with Gasteiger partial charge in [0, 0.05) is 47.1 Å². The molecule has 0 saturated heterocycles. The van der Waals surface area contributed by atoms with Crippen LogP contribution in [0.25, 0.3) is 10.8 Å². The van der Waals surface area contributed by atoms with E-state index in [-0.39, 0.29) is 18.5 Å². The van der Waals surface area contributed by atoms with E-state index in [0.717, 1.165) is 48.6 Å². The standard InChI is InChI=1S/C26H33N5O4S/c1-18(2)31(22-6-4-3-5-7-22)36(34,35)30-24(26(32)33)16-19-8-10-21(11-9-19)29-25-23-13-14-27-17-20(23)12-15-28-25/h8-15,17-18,22,24,30H,3-7,16H2,1-2H3,(H,28,29)(H,32,33)/t24-/m0/s1. The molecule has 0 radical (unpaired) electrons. The molecule has 36 heavy (non-hydrogen) atoms.